The molecule has 4 fully saturated rings. The summed E-state index contributed by atoms with van der Waals surface area (Å²) < 4.78 is 0. The molecule has 1 heteroatoms. The average molecular weight is 233 g/mol. The van der Waals surface area contributed by atoms with Crippen LogP contribution in [0.25, 0.3) is 0 Å². The zero-order valence-corrected chi connectivity index (χ0v) is 11.0. The van der Waals surface area contributed by atoms with Gasteiger partial charge in [0.2, 0.25) is 0 Å². The number of hydrogen-bond donors (Lipinski definition) is 1. The number of hydrogen-bond acceptors (Lipinski definition) is 1. The molecule has 6 atom stereocenters. The van der Waals surface area contributed by atoms with Gasteiger partial charge in [-0.25, -0.2) is 0 Å². The summed E-state index contributed by atoms with van der Waals surface area (Å²) in [5, 5.41) is 3.84. The van der Waals surface area contributed by atoms with E-state index >= 15 is 0 Å². The van der Waals surface area contributed by atoms with E-state index in [0.717, 1.165) is 35.5 Å². The van der Waals surface area contributed by atoms with Gasteiger partial charge in [-0.3, -0.25) is 0 Å². The van der Waals surface area contributed by atoms with Gasteiger partial charge in [0.15, 0.2) is 0 Å². The van der Waals surface area contributed by atoms with Crippen LogP contribution in [0.4, 0.5) is 0 Å². The molecule has 1 nitrogen and oxygen atoms in total. The quantitative estimate of drug-likeness (QED) is 0.784. The van der Waals surface area contributed by atoms with Gasteiger partial charge in [-0.2, -0.15) is 0 Å². The van der Waals surface area contributed by atoms with Crippen LogP contribution in [0.3, 0.4) is 0 Å². The third-order valence-electron chi connectivity index (χ3n) is 6.58. The molecule has 0 unspecified atom stereocenters. The van der Waals surface area contributed by atoms with Gasteiger partial charge < -0.3 is 5.32 Å². The van der Waals surface area contributed by atoms with Crippen LogP contribution in [0.2, 0.25) is 0 Å². The van der Waals surface area contributed by atoms with E-state index in [1.54, 1.807) is 51.4 Å². The molecular formula is C16H27N. The van der Waals surface area contributed by atoms with Gasteiger partial charge in [-0.05, 0) is 87.1 Å². The normalized spacial score (nSPS) is 51.5. The van der Waals surface area contributed by atoms with E-state index in [0.29, 0.717) is 0 Å². The highest BCUT2D eigenvalue weighted by atomic mass is 14.9. The fraction of sp³-hybridized carbons (Fsp3) is 1.00. The van der Waals surface area contributed by atoms with Crippen LogP contribution >= 0.6 is 0 Å². The largest absolute Gasteiger partial charge is 0.316 e. The first kappa shape index (κ1) is 10.8. The fourth-order valence-corrected chi connectivity index (χ4v) is 5.71. The van der Waals surface area contributed by atoms with E-state index < -0.39 is 0 Å². The minimum absolute atomic E-state index is 1.05. The Balaban J connectivity index is 1.22. The molecule has 0 aromatic heterocycles. The van der Waals surface area contributed by atoms with E-state index in [4.69, 9.17) is 0 Å². The van der Waals surface area contributed by atoms with Gasteiger partial charge in [0.05, 0.1) is 0 Å². The number of nitrogens with one attached hydrogen (secondary N) is 1. The Morgan fingerprint density at radius 3 is 1.53 bits per heavy atom. The van der Waals surface area contributed by atoms with Crippen LogP contribution in [0.1, 0.15) is 51.4 Å². The van der Waals surface area contributed by atoms with Crippen molar-refractivity contribution in [3.05, 3.63) is 0 Å². The summed E-state index contributed by atoms with van der Waals surface area (Å²) in [6.45, 7) is 2.68. The summed E-state index contributed by atoms with van der Waals surface area (Å²) in [5.41, 5.74) is 0. The van der Waals surface area contributed by atoms with Crippen molar-refractivity contribution >= 4 is 0 Å². The highest BCUT2D eigenvalue weighted by Crippen LogP contribution is 2.49. The van der Waals surface area contributed by atoms with Gasteiger partial charge in [-0.1, -0.05) is 12.8 Å². The SMILES string of the molecule is C1C[C@@H]2C[C@@H]1C[C@H]2CNC[C@H]1C[C@H]2CC[C@@H]1C2. The molecule has 0 spiro atoms. The molecular weight excluding hydrogens is 206 g/mol. The van der Waals surface area contributed by atoms with Gasteiger partial charge in [0.25, 0.3) is 0 Å². The average Bonchev–Trinajstić information content (AvgIpc) is 3.09. The van der Waals surface area contributed by atoms with Crippen molar-refractivity contribution in [3.8, 4) is 0 Å². The maximum absolute atomic E-state index is 3.84. The minimum Gasteiger partial charge on any atom is -0.316 e. The van der Waals surface area contributed by atoms with E-state index in [9.17, 15) is 0 Å². The summed E-state index contributed by atoms with van der Waals surface area (Å²) in [6, 6.07) is 0. The predicted molar refractivity (Wildman–Crippen MR) is 70.7 cm³/mol. The van der Waals surface area contributed by atoms with Crippen molar-refractivity contribution in [3.63, 3.8) is 0 Å². The number of fused-ring (bicyclic) bond motifs is 4. The molecule has 0 aliphatic heterocycles. The zero-order chi connectivity index (χ0) is 11.2. The molecule has 4 aliphatic rings. The fourth-order valence-electron chi connectivity index (χ4n) is 5.71. The molecule has 96 valence electrons. The smallest absolute Gasteiger partial charge is 0.00176 e. The third-order valence-corrected chi connectivity index (χ3v) is 6.58. The van der Waals surface area contributed by atoms with Crippen LogP contribution in [0.5, 0.6) is 0 Å². The second-order valence-electron chi connectivity index (χ2n) is 7.53. The minimum atomic E-state index is 1.05. The summed E-state index contributed by atoms with van der Waals surface area (Å²) in [6.07, 6.45) is 12.4. The summed E-state index contributed by atoms with van der Waals surface area (Å²) >= 11 is 0. The molecule has 4 rings (SSSR count). The molecule has 17 heavy (non-hydrogen) atoms. The first-order valence-electron chi connectivity index (χ1n) is 8.09. The Labute approximate surface area is 106 Å². The second-order valence-corrected chi connectivity index (χ2v) is 7.53. The number of rotatable bonds is 4. The lowest BCUT2D eigenvalue weighted by Crippen LogP contribution is -2.32. The van der Waals surface area contributed by atoms with Crippen LogP contribution in [0.15, 0.2) is 0 Å². The van der Waals surface area contributed by atoms with Gasteiger partial charge in [0.1, 0.15) is 0 Å². The molecule has 0 radical (unpaired) electrons. The predicted octanol–water partition coefficient (Wildman–Crippen LogP) is 3.45. The highest BCUT2D eigenvalue weighted by Gasteiger charge is 2.41. The van der Waals surface area contributed by atoms with Crippen molar-refractivity contribution < 1.29 is 0 Å². The maximum Gasteiger partial charge on any atom is -0.00176 e. The lowest BCUT2D eigenvalue weighted by molar-refractivity contribution is 0.282. The summed E-state index contributed by atoms with van der Waals surface area (Å²) in [7, 11) is 0. The van der Waals surface area contributed by atoms with Gasteiger partial charge in [0, 0.05) is 0 Å². The first-order chi connectivity index (χ1) is 8.38. The summed E-state index contributed by atoms with van der Waals surface area (Å²) in [5.74, 6) is 6.54. The Kier molecular flexibility index (Phi) is 2.72. The van der Waals surface area contributed by atoms with Crippen molar-refractivity contribution in [2.45, 2.75) is 51.4 Å². The maximum atomic E-state index is 3.84. The molecule has 4 saturated carbocycles. The van der Waals surface area contributed by atoms with Crippen LogP contribution in [-0.2, 0) is 0 Å². The monoisotopic (exact) mass is 233 g/mol. The lowest BCUT2D eigenvalue weighted by Gasteiger charge is -2.25. The zero-order valence-electron chi connectivity index (χ0n) is 11.0. The first-order valence-corrected chi connectivity index (χ1v) is 8.09. The molecule has 4 bridgehead atoms. The van der Waals surface area contributed by atoms with Gasteiger partial charge in [-0.15, -0.1) is 0 Å². The van der Waals surface area contributed by atoms with Crippen molar-refractivity contribution in [1.29, 1.82) is 0 Å². The Morgan fingerprint density at radius 1 is 0.647 bits per heavy atom. The topological polar surface area (TPSA) is 12.0 Å². The molecule has 0 aromatic rings. The molecule has 4 aliphatic carbocycles. The van der Waals surface area contributed by atoms with E-state index in [-0.39, 0.29) is 0 Å². The summed E-state index contributed by atoms with van der Waals surface area (Å²) in [4.78, 5) is 0. The molecule has 0 saturated heterocycles. The Bertz CT molecular complexity index is 259. The van der Waals surface area contributed by atoms with E-state index in [1.165, 1.54) is 13.1 Å². The van der Waals surface area contributed by atoms with Crippen molar-refractivity contribution in [1.82, 2.24) is 5.32 Å². The Hall–Kier alpha value is -0.0400. The lowest BCUT2D eigenvalue weighted by atomic mass is 9.87. The van der Waals surface area contributed by atoms with Crippen LogP contribution in [-0.4, -0.2) is 13.1 Å². The highest BCUT2D eigenvalue weighted by molar-refractivity contribution is 4.93. The van der Waals surface area contributed by atoms with Crippen molar-refractivity contribution in [2.24, 2.45) is 35.5 Å². The van der Waals surface area contributed by atoms with Crippen molar-refractivity contribution in [2.75, 3.05) is 13.1 Å². The third kappa shape index (κ3) is 1.95. The molecule has 1 N–H and O–H groups in total. The molecule has 0 amide bonds. The van der Waals surface area contributed by atoms with E-state index in [1.807, 2.05) is 0 Å². The Morgan fingerprint density at radius 2 is 1.18 bits per heavy atom. The van der Waals surface area contributed by atoms with Gasteiger partial charge >= 0.3 is 0 Å². The molecule has 0 heterocycles. The van der Waals surface area contributed by atoms with Crippen LogP contribution < -0.4 is 5.32 Å². The molecule has 0 aromatic carbocycles. The second kappa shape index (κ2) is 4.26. The van der Waals surface area contributed by atoms with Crippen LogP contribution in [0, 0.1) is 35.5 Å². The van der Waals surface area contributed by atoms with E-state index in [2.05, 4.69) is 5.32 Å². The standard InChI is InChI=1S/C16H27N/c1-3-13-5-11(1)7-15(13)9-17-10-16-8-12-2-4-14(16)6-12/h11-17H,1-10H2/t11-,12+,13-,14-,15+,16-/m1/s1.